The topological polar surface area (TPSA) is 40.1 Å². The van der Waals surface area contributed by atoms with E-state index in [4.69, 9.17) is 11.6 Å². The molecule has 0 aliphatic rings. The summed E-state index contributed by atoms with van der Waals surface area (Å²) in [6.07, 6.45) is 0. The highest BCUT2D eigenvalue weighted by molar-refractivity contribution is 6.30. The summed E-state index contributed by atoms with van der Waals surface area (Å²) in [4.78, 5) is 11.5. The molecule has 0 amide bonds. The molecule has 0 aliphatic heterocycles. The number of halogens is 1. The number of aliphatic carboxylic acids is 1. The summed E-state index contributed by atoms with van der Waals surface area (Å²) in [7, 11) is 0. The minimum absolute atomic E-state index is 0.585. The normalized spacial score (nSPS) is 12.2. The zero-order chi connectivity index (χ0) is 14.0. The third kappa shape index (κ3) is 2.96. The summed E-state index contributed by atoms with van der Waals surface area (Å²) in [6, 6.07) is 12.6. The molecule has 0 aliphatic carbocycles. The first-order chi connectivity index (χ1) is 8.99. The van der Waals surface area contributed by atoms with E-state index < -0.39 is 11.9 Å². The van der Waals surface area contributed by atoms with E-state index in [9.17, 15) is 9.90 Å². The second-order valence-electron chi connectivity index (χ2n) is 4.66. The number of carboxylic acids is 1. The van der Waals surface area contributed by atoms with Crippen molar-refractivity contribution in [2.24, 2.45) is 0 Å². The number of rotatable bonds is 3. The van der Waals surface area contributed by atoms with Crippen molar-refractivity contribution in [2.45, 2.75) is 19.8 Å². The Balaban J connectivity index is 2.51. The summed E-state index contributed by atoms with van der Waals surface area (Å²) in [5.74, 6) is -1.87. The number of benzene rings is 2. The predicted octanol–water partition coefficient (Wildman–Crippen LogP) is 2.84. The molecule has 1 atom stereocenters. The van der Waals surface area contributed by atoms with E-state index in [0.29, 0.717) is 10.6 Å². The number of carboxylic acid groups (broad SMARTS) is 1. The zero-order valence-corrected chi connectivity index (χ0v) is 11.6. The fourth-order valence-corrected chi connectivity index (χ4v) is 2.37. The van der Waals surface area contributed by atoms with Crippen LogP contribution in [-0.4, -0.2) is 5.97 Å². The van der Waals surface area contributed by atoms with Gasteiger partial charge >= 0.3 is 0 Å². The molecule has 2 rings (SSSR count). The number of hydrogen-bond acceptors (Lipinski definition) is 2. The van der Waals surface area contributed by atoms with Crippen LogP contribution in [0.5, 0.6) is 0 Å². The monoisotopic (exact) mass is 273 g/mol. The van der Waals surface area contributed by atoms with Gasteiger partial charge in [0, 0.05) is 10.9 Å². The first-order valence-electron chi connectivity index (χ1n) is 6.02. The SMILES string of the molecule is Cc1ccc(C(C(=O)[O-])c2ccc(Cl)cc2)c(C)c1. The van der Waals surface area contributed by atoms with Gasteiger partial charge in [-0.15, -0.1) is 0 Å². The van der Waals surface area contributed by atoms with Crippen molar-refractivity contribution in [2.75, 3.05) is 0 Å². The van der Waals surface area contributed by atoms with Crippen LogP contribution in [0.25, 0.3) is 0 Å². The van der Waals surface area contributed by atoms with Gasteiger partial charge in [-0.25, -0.2) is 0 Å². The van der Waals surface area contributed by atoms with Gasteiger partial charge in [0.1, 0.15) is 0 Å². The lowest BCUT2D eigenvalue weighted by molar-refractivity contribution is -0.306. The van der Waals surface area contributed by atoms with E-state index >= 15 is 0 Å². The van der Waals surface area contributed by atoms with Crippen LogP contribution in [0.2, 0.25) is 5.02 Å². The van der Waals surface area contributed by atoms with Gasteiger partial charge in [0.2, 0.25) is 0 Å². The highest BCUT2D eigenvalue weighted by Gasteiger charge is 2.17. The molecular weight excluding hydrogens is 260 g/mol. The molecule has 0 radical (unpaired) electrons. The highest BCUT2D eigenvalue weighted by atomic mass is 35.5. The van der Waals surface area contributed by atoms with Crippen LogP contribution < -0.4 is 5.11 Å². The maximum atomic E-state index is 11.5. The Morgan fingerprint density at radius 3 is 2.26 bits per heavy atom. The van der Waals surface area contributed by atoms with Gasteiger partial charge in [0.05, 0.1) is 5.97 Å². The van der Waals surface area contributed by atoms with Crippen LogP contribution in [-0.2, 0) is 4.79 Å². The molecule has 0 saturated carbocycles. The Hall–Kier alpha value is -1.80. The van der Waals surface area contributed by atoms with Crippen LogP contribution in [0.4, 0.5) is 0 Å². The molecule has 2 nitrogen and oxygen atoms in total. The quantitative estimate of drug-likeness (QED) is 0.863. The summed E-state index contributed by atoms with van der Waals surface area (Å²) < 4.78 is 0. The predicted molar refractivity (Wildman–Crippen MR) is 74.2 cm³/mol. The number of aryl methyl sites for hydroxylation is 2. The van der Waals surface area contributed by atoms with Crippen LogP contribution in [0.1, 0.15) is 28.2 Å². The molecule has 3 heteroatoms. The van der Waals surface area contributed by atoms with Gasteiger partial charge in [-0.1, -0.05) is 47.5 Å². The molecule has 1 unspecified atom stereocenters. The van der Waals surface area contributed by atoms with E-state index in [1.807, 2.05) is 32.0 Å². The van der Waals surface area contributed by atoms with Crippen LogP contribution >= 0.6 is 11.6 Å². The van der Waals surface area contributed by atoms with Crippen molar-refractivity contribution in [3.05, 3.63) is 69.7 Å². The minimum Gasteiger partial charge on any atom is -0.549 e. The lowest BCUT2D eigenvalue weighted by Crippen LogP contribution is -2.30. The Bertz CT molecular complexity index is 603. The maximum Gasteiger partial charge on any atom is 0.0533 e. The third-order valence-corrected chi connectivity index (χ3v) is 3.43. The van der Waals surface area contributed by atoms with Gasteiger partial charge in [0.25, 0.3) is 0 Å². The lowest BCUT2D eigenvalue weighted by Gasteiger charge is -2.21. The molecule has 2 aromatic carbocycles. The maximum absolute atomic E-state index is 11.5. The number of carbonyl (C=O) groups excluding carboxylic acids is 1. The largest absolute Gasteiger partial charge is 0.549 e. The molecule has 0 N–H and O–H groups in total. The molecule has 0 fully saturated rings. The zero-order valence-electron chi connectivity index (χ0n) is 10.8. The number of carbonyl (C=O) groups is 1. The fraction of sp³-hybridized carbons (Fsp3) is 0.188. The molecule has 19 heavy (non-hydrogen) atoms. The van der Waals surface area contributed by atoms with Crippen molar-refractivity contribution >= 4 is 17.6 Å². The van der Waals surface area contributed by atoms with Gasteiger partial charge in [-0.2, -0.15) is 0 Å². The first-order valence-corrected chi connectivity index (χ1v) is 6.40. The van der Waals surface area contributed by atoms with Crippen LogP contribution in [0.15, 0.2) is 42.5 Å². The van der Waals surface area contributed by atoms with Crippen molar-refractivity contribution in [1.29, 1.82) is 0 Å². The summed E-state index contributed by atoms with van der Waals surface area (Å²) in [5.41, 5.74) is 3.49. The highest BCUT2D eigenvalue weighted by Crippen LogP contribution is 2.28. The van der Waals surface area contributed by atoms with Gasteiger partial charge in [-0.3, -0.25) is 0 Å². The average Bonchev–Trinajstić information content (AvgIpc) is 2.34. The Labute approximate surface area is 117 Å². The second-order valence-corrected chi connectivity index (χ2v) is 5.10. The van der Waals surface area contributed by atoms with Crippen molar-refractivity contribution < 1.29 is 9.90 Å². The molecule has 0 heterocycles. The fourth-order valence-electron chi connectivity index (χ4n) is 2.25. The average molecular weight is 274 g/mol. The van der Waals surface area contributed by atoms with Crippen molar-refractivity contribution in [3.63, 3.8) is 0 Å². The molecular formula is C16H14ClO2-. The summed E-state index contributed by atoms with van der Waals surface area (Å²) in [5, 5.41) is 12.1. The van der Waals surface area contributed by atoms with E-state index in [1.54, 1.807) is 24.3 Å². The molecule has 2 aromatic rings. The molecule has 0 bridgehead atoms. The Kier molecular flexibility index (Phi) is 3.91. The van der Waals surface area contributed by atoms with E-state index in [0.717, 1.165) is 16.7 Å². The van der Waals surface area contributed by atoms with Gasteiger partial charge in [0.15, 0.2) is 0 Å². The molecule has 98 valence electrons. The molecule has 0 aromatic heterocycles. The van der Waals surface area contributed by atoms with Crippen molar-refractivity contribution in [1.82, 2.24) is 0 Å². The Morgan fingerprint density at radius 1 is 1.11 bits per heavy atom. The van der Waals surface area contributed by atoms with Crippen molar-refractivity contribution in [3.8, 4) is 0 Å². The lowest BCUT2D eigenvalue weighted by atomic mass is 9.88. The second kappa shape index (κ2) is 5.45. The van der Waals surface area contributed by atoms with Crippen LogP contribution in [0.3, 0.4) is 0 Å². The van der Waals surface area contributed by atoms with Crippen LogP contribution in [0, 0.1) is 13.8 Å². The van der Waals surface area contributed by atoms with Gasteiger partial charge < -0.3 is 9.90 Å². The van der Waals surface area contributed by atoms with E-state index in [2.05, 4.69) is 0 Å². The first kappa shape index (κ1) is 13.6. The van der Waals surface area contributed by atoms with E-state index in [-0.39, 0.29) is 0 Å². The van der Waals surface area contributed by atoms with Gasteiger partial charge in [-0.05, 0) is 42.7 Å². The minimum atomic E-state index is -1.10. The summed E-state index contributed by atoms with van der Waals surface area (Å²) >= 11 is 5.83. The standard InChI is InChI=1S/C16H15ClO2/c1-10-3-8-14(11(2)9-10)15(16(18)19)12-4-6-13(17)7-5-12/h3-9,15H,1-2H3,(H,18,19)/p-1. The Morgan fingerprint density at radius 2 is 1.74 bits per heavy atom. The molecule has 0 saturated heterocycles. The number of hydrogen-bond donors (Lipinski definition) is 0. The van der Waals surface area contributed by atoms with E-state index in [1.165, 1.54) is 0 Å². The summed E-state index contributed by atoms with van der Waals surface area (Å²) in [6.45, 7) is 3.89. The smallest absolute Gasteiger partial charge is 0.0533 e. The molecule has 0 spiro atoms. The third-order valence-electron chi connectivity index (χ3n) is 3.18.